The van der Waals surface area contributed by atoms with E-state index in [2.05, 4.69) is 49.1 Å². The molecule has 1 aliphatic heterocycles. The molecule has 3 N–H and O–H groups in total. The van der Waals surface area contributed by atoms with Gasteiger partial charge in [-0.2, -0.15) is 11.8 Å². The molecule has 1 aromatic carbocycles. The lowest BCUT2D eigenvalue weighted by Gasteiger charge is -2.27. The molecule has 7 heteroatoms. The lowest BCUT2D eigenvalue weighted by atomic mass is 10.1. The van der Waals surface area contributed by atoms with Crippen LogP contribution >= 0.6 is 51.7 Å². The summed E-state index contributed by atoms with van der Waals surface area (Å²) < 4.78 is 1.13. The number of hydrogen-bond donors (Lipinski definition) is 2. The Morgan fingerprint density at radius 2 is 2.14 bits per heavy atom. The third-order valence-corrected chi connectivity index (χ3v) is 5.33. The van der Waals surface area contributed by atoms with Gasteiger partial charge in [0.15, 0.2) is 5.96 Å². The lowest BCUT2D eigenvalue weighted by molar-refractivity contribution is 0.456. The average Bonchev–Trinajstić information content (AvgIpc) is 2.93. The molecule has 0 spiro atoms. The van der Waals surface area contributed by atoms with Gasteiger partial charge in [0.05, 0.1) is 0 Å². The summed E-state index contributed by atoms with van der Waals surface area (Å²) in [5.41, 5.74) is 8.52. The molecule has 0 unspecified atom stereocenters. The largest absolute Gasteiger partial charge is 0.370 e. The van der Waals surface area contributed by atoms with Crippen LogP contribution in [0.5, 0.6) is 0 Å². The summed E-state index contributed by atoms with van der Waals surface area (Å²) in [6.07, 6.45) is 2.96. The van der Waals surface area contributed by atoms with Crippen LogP contribution in [0.1, 0.15) is 5.56 Å². The first-order chi connectivity index (χ1) is 10.3. The van der Waals surface area contributed by atoms with Crippen LogP contribution in [0.25, 0.3) is 10.9 Å². The zero-order chi connectivity index (χ0) is 14.7. The third-order valence-electron chi connectivity index (χ3n) is 3.73. The first-order valence-corrected chi connectivity index (χ1v) is 9.07. The van der Waals surface area contributed by atoms with E-state index in [1.54, 1.807) is 0 Å². The van der Waals surface area contributed by atoms with Crippen molar-refractivity contribution in [2.24, 2.45) is 10.7 Å². The smallest absolute Gasteiger partial charge is 0.191 e. The van der Waals surface area contributed by atoms with Crippen molar-refractivity contribution in [1.29, 1.82) is 0 Å². The topological polar surface area (TPSA) is 57.4 Å². The Morgan fingerprint density at radius 3 is 2.91 bits per heavy atom. The number of nitrogens with one attached hydrogen (secondary N) is 1. The molecule has 0 bridgehead atoms. The van der Waals surface area contributed by atoms with Gasteiger partial charge >= 0.3 is 0 Å². The van der Waals surface area contributed by atoms with Crippen molar-refractivity contribution in [1.82, 2.24) is 9.88 Å². The molecular weight excluding hydrogens is 475 g/mol. The molecule has 0 radical (unpaired) electrons. The van der Waals surface area contributed by atoms with Gasteiger partial charge < -0.3 is 15.6 Å². The highest BCUT2D eigenvalue weighted by Crippen LogP contribution is 2.27. The van der Waals surface area contributed by atoms with E-state index in [0.29, 0.717) is 5.96 Å². The number of hydrogen-bond acceptors (Lipinski definition) is 2. The molecule has 3 rings (SSSR count). The minimum Gasteiger partial charge on any atom is -0.370 e. The fourth-order valence-corrected chi connectivity index (χ4v) is 4.11. The van der Waals surface area contributed by atoms with E-state index >= 15 is 0 Å². The lowest BCUT2D eigenvalue weighted by Crippen LogP contribution is -2.42. The summed E-state index contributed by atoms with van der Waals surface area (Å²) in [5, 5.41) is 1.25. The van der Waals surface area contributed by atoms with Crippen LogP contribution in [0.3, 0.4) is 0 Å². The maximum absolute atomic E-state index is 6.08. The normalized spacial score (nSPS) is 15.9. The maximum atomic E-state index is 6.08. The molecule has 1 aromatic heterocycles. The average molecular weight is 495 g/mol. The van der Waals surface area contributed by atoms with Crippen LogP contribution in [0, 0.1) is 0 Å². The Labute approximate surface area is 160 Å². The van der Waals surface area contributed by atoms with E-state index in [0.717, 1.165) is 47.6 Å². The Hall–Kier alpha value is -0.410. The molecule has 1 fully saturated rings. The molecule has 22 heavy (non-hydrogen) atoms. The molecule has 0 saturated carbocycles. The predicted molar refractivity (Wildman–Crippen MR) is 111 cm³/mol. The van der Waals surface area contributed by atoms with Crippen molar-refractivity contribution in [3.8, 4) is 0 Å². The van der Waals surface area contributed by atoms with Gasteiger partial charge in [0.1, 0.15) is 0 Å². The number of aliphatic imine (C=N–C) groups is 1. The molecule has 4 nitrogen and oxygen atoms in total. The van der Waals surface area contributed by atoms with E-state index in [1.165, 1.54) is 10.9 Å². The molecule has 1 saturated heterocycles. The van der Waals surface area contributed by atoms with E-state index in [1.807, 2.05) is 17.8 Å². The number of fused-ring (bicyclic) bond motifs is 1. The third kappa shape index (κ3) is 4.11. The first-order valence-electron chi connectivity index (χ1n) is 7.13. The van der Waals surface area contributed by atoms with Crippen LogP contribution in [0.4, 0.5) is 0 Å². The number of aromatic nitrogens is 1. The number of aromatic amines is 1. The monoisotopic (exact) mass is 494 g/mol. The fraction of sp³-hybridized carbons (Fsp3) is 0.400. The highest BCUT2D eigenvalue weighted by atomic mass is 127. The second kappa shape index (κ2) is 8.44. The van der Waals surface area contributed by atoms with Crippen LogP contribution in [-0.4, -0.2) is 47.0 Å². The van der Waals surface area contributed by atoms with E-state index < -0.39 is 0 Å². The summed E-state index contributed by atoms with van der Waals surface area (Å²) in [4.78, 5) is 10.0. The van der Waals surface area contributed by atoms with Gasteiger partial charge in [0, 0.05) is 52.7 Å². The van der Waals surface area contributed by atoms with Gasteiger partial charge in [-0.25, -0.2) is 0 Å². The van der Waals surface area contributed by atoms with Crippen molar-refractivity contribution in [2.45, 2.75) is 6.42 Å². The summed E-state index contributed by atoms with van der Waals surface area (Å²) >= 11 is 5.60. The molecule has 2 heterocycles. The molecule has 0 aliphatic carbocycles. The highest BCUT2D eigenvalue weighted by Gasteiger charge is 2.12. The van der Waals surface area contributed by atoms with Crippen molar-refractivity contribution in [3.63, 3.8) is 0 Å². The van der Waals surface area contributed by atoms with Crippen LogP contribution in [0.2, 0.25) is 0 Å². The predicted octanol–water partition coefficient (Wildman–Crippen LogP) is 3.45. The Balaban J connectivity index is 0.00000176. The van der Waals surface area contributed by atoms with Gasteiger partial charge in [-0.1, -0.05) is 22.0 Å². The molecule has 0 amide bonds. The van der Waals surface area contributed by atoms with Crippen molar-refractivity contribution >= 4 is 68.5 Å². The summed E-state index contributed by atoms with van der Waals surface area (Å²) in [5.74, 6) is 2.98. The Kier molecular flexibility index (Phi) is 6.88. The van der Waals surface area contributed by atoms with E-state index in [4.69, 9.17) is 5.73 Å². The minimum atomic E-state index is 0. The molecule has 120 valence electrons. The number of guanidine groups is 1. The number of halogens is 2. The van der Waals surface area contributed by atoms with E-state index in [9.17, 15) is 0 Å². The summed E-state index contributed by atoms with van der Waals surface area (Å²) in [6, 6.07) is 6.20. The number of H-pyrrole nitrogens is 1. The first kappa shape index (κ1) is 17.9. The number of rotatable bonds is 3. The summed E-state index contributed by atoms with van der Waals surface area (Å²) in [6.45, 7) is 2.75. The van der Waals surface area contributed by atoms with Gasteiger partial charge in [0.25, 0.3) is 0 Å². The van der Waals surface area contributed by atoms with Gasteiger partial charge in [-0.05, 0) is 24.1 Å². The maximum Gasteiger partial charge on any atom is 0.191 e. The highest BCUT2D eigenvalue weighted by molar-refractivity contribution is 14.0. The molecule has 0 atom stereocenters. The minimum absolute atomic E-state index is 0. The molecule has 2 aromatic rings. The van der Waals surface area contributed by atoms with Crippen molar-refractivity contribution in [2.75, 3.05) is 31.1 Å². The van der Waals surface area contributed by atoms with Gasteiger partial charge in [-0.15, -0.1) is 24.0 Å². The second-order valence-electron chi connectivity index (χ2n) is 5.07. The number of thioether (sulfide) groups is 1. The molecule has 1 aliphatic rings. The Bertz CT molecular complexity index is 652. The quantitative estimate of drug-likeness (QED) is 0.390. The Morgan fingerprint density at radius 1 is 1.36 bits per heavy atom. The zero-order valence-corrected chi connectivity index (χ0v) is 17.0. The van der Waals surface area contributed by atoms with Crippen molar-refractivity contribution < 1.29 is 0 Å². The van der Waals surface area contributed by atoms with Crippen LogP contribution in [-0.2, 0) is 6.42 Å². The van der Waals surface area contributed by atoms with Crippen LogP contribution in [0.15, 0.2) is 33.9 Å². The number of nitrogens with two attached hydrogens (primary N) is 1. The van der Waals surface area contributed by atoms with E-state index in [-0.39, 0.29) is 24.0 Å². The fourth-order valence-electron chi connectivity index (χ4n) is 2.59. The van der Waals surface area contributed by atoms with Crippen LogP contribution < -0.4 is 5.73 Å². The standard InChI is InChI=1S/C15H19BrN4S.HI/c16-12-2-1-3-13-14(12)11(10-19-13)4-5-18-15(17)20-6-8-21-9-7-20;/h1-3,10,19H,4-9H2,(H2,17,18);1H. The van der Waals surface area contributed by atoms with Crippen molar-refractivity contribution in [3.05, 3.63) is 34.4 Å². The SMILES string of the molecule is I.NC(=NCCc1c[nH]c2cccc(Br)c12)N1CCSCC1. The van der Waals surface area contributed by atoms with Gasteiger partial charge in [-0.3, -0.25) is 4.99 Å². The number of nitrogens with zero attached hydrogens (tertiary/aromatic N) is 2. The summed E-state index contributed by atoms with van der Waals surface area (Å²) in [7, 11) is 0. The second-order valence-corrected chi connectivity index (χ2v) is 7.14. The zero-order valence-electron chi connectivity index (χ0n) is 12.2. The number of benzene rings is 1. The van der Waals surface area contributed by atoms with Gasteiger partial charge in [0.2, 0.25) is 0 Å². The molecular formula is C15H20BrIN4S.